The van der Waals surface area contributed by atoms with Crippen LogP contribution in [0, 0.1) is 12.8 Å². The first-order valence-corrected chi connectivity index (χ1v) is 6.38. The SMILES string of the molecule is Cc1ccc2c3c1C(Br)C(C)C3CC2. The first-order valence-electron chi connectivity index (χ1n) is 5.46. The van der Waals surface area contributed by atoms with Gasteiger partial charge in [0.05, 0.1) is 0 Å². The smallest absolute Gasteiger partial charge is 0.0432 e. The predicted molar refractivity (Wildman–Crippen MR) is 63.1 cm³/mol. The van der Waals surface area contributed by atoms with Crippen LogP contribution in [0.4, 0.5) is 0 Å². The van der Waals surface area contributed by atoms with Gasteiger partial charge in [-0.05, 0) is 53.9 Å². The summed E-state index contributed by atoms with van der Waals surface area (Å²) in [5.74, 6) is 1.62. The van der Waals surface area contributed by atoms with Gasteiger partial charge in [-0.15, -0.1) is 0 Å². The van der Waals surface area contributed by atoms with Gasteiger partial charge in [-0.25, -0.2) is 0 Å². The molecule has 0 radical (unpaired) electrons. The zero-order valence-electron chi connectivity index (χ0n) is 8.68. The molecule has 0 heterocycles. The van der Waals surface area contributed by atoms with Gasteiger partial charge in [-0.2, -0.15) is 0 Å². The van der Waals surface area contributed by atoms with Crippen molar-refractivity contribution in [2.24, 2.45) is 5.92 Å². The maximum Gasteiger partial charge on any atom is 0.0432 e. The van der Waals surface area contributed by atoms with Gasteiger partial charge in [0.25, 0.3) is 0 Å². The zero-order valence-corrected chi connectivity index (χ0v) is 10.3. The summed E-state index contributed by atoms with van der Waals surface area (Å²) < 4.78 is 0. The molecular weight excluding hydrogens is 236 g/mol. The third kappa shape index (κ3) is 0.942. The van der Waals surface area contributed by atoms with E-state index in [1.54, 1.807) is 16.7 Å². The van der Waals surface area contributed by atoms with Crippen LogP contribution >= 0.6 is 15.9 Å². The largest absolute Gasteiger partial charge is 0.0835 e. The van der Waals surface area contributed by atoms with Gasteiger partial charge in [0.15, 0.2) is 0 Å². The summed E-state index contributed by atoms with van der Waals surface area (Å²) in [4.78, 5) is 0.600. The van der Waals surface area contributed by atoms with Gasteiger partial charge >= 0.3 is 0 Å². The highest BCUT2D eigenvalue weighted by atomic mass is 79.9. The molecule has 3 atom stereocenters. The number of aryl methyl sites for hydroxylation is 2. The summed E-state index contributed by atoms with van der Waals surface area (Å²) in [6.45, 7) is 4.63. The predicted octanol–water partition coefficient (Wildman–Crippen LogP) is 4.11. The highest BCUT2D eigenvalue weighted by molar-refractivity contribution is 9.09. The summed E-state index contributed by atoms with van der Waals surface area (Å²) in [7, 11) is 0. The molecule has 0 fully saturated rings. The molecule has 2 aliphatic carbocycles. The monoisotopic (exact) mass is 250 g/mol. The number of rotatable bonds is 0. The Balaban J connectivity index is 2.30. The van der Waals surface area contributed by atoms with Gasteiger partial charge in [-0.3, -0.25) is 0 Å². The Morgan fingerprint density at radius 2 is 2.07 bits per heavy atom. The average molecular weight is 251 g/mol. The fraction of sp³-hybridized carbons (Fsp3) is 0.538. The molecule has 1 aromatic carbocycles. The Labute approximate surface area is 93.8 Å². The second-order valence-electron chi connectivity index (χ2n) is 4.77. The van der Waals surface area contributed by atoms with Crippen molar-refractivity contribution in [2.45, 2.75) is 37.4 Å². The van der Waals surface area contributed by atoms with E-state index in [0.717, 1.165) is 11.8 Å². The minimum absolute atomic E-state index is 0.600. The number of benzene rings is 1. The molecule has 0 amide bonds. The van der Waals surface area contributed by atoms with E-state index < -0.39 is 0 Å². The molecule has 1 aromatic rings. The standard InChI is InChI=1S/C13H15Br/c1-7-3-4-9-5-6-10-8(2)13(14)11(7)12(9)10/h3-4,8,10,13H,5-6H2,1-2H3. The Morgan fingerprint density at radius 3 is 2.86 bits per heavy atom. The fourth-order valence-electron chi connectivity index (χ4n) is 3.26. The van der Waals surface area contributed by atoms with Crippen LogP contribution < -0.4 is 0 Å². The third-order valence-electron chi connectivity index (χ3n) is 4.06. The molecule has 0 saturated heterocycles. The molecule has 3 unspecified atom stereocenters. The molecule has 3 rings (SSSR count). The lowest BCUT2D eigenvalue weighted by atomic mass is 9.95. The molecule has 2 aliphatic rings. The fourth-order valence-corrected chi connectivity index (χ4v) is 4.24. The molecule has 0 aliphatic heterocycles. The minimum Gasteiger partial charge on any atom is -0.0835 e. The van der Waals surface area contributed by atoms with Crippen molar-refractivity contribution in [3.05, 3.63) is 34.4 Å². The molecule has 1 heteroatoms. The summed E-state index contributed by atoms with van der Waals surface area (Å²) in [5, 5.41) is 0. The molecule has 74 valence electrons. The van der Waals surface area contributed by atoms with Crippen molar-refractivity contribution in [3.8, 4) is 0 Å². The van der Waals surface area contributed by atoms with Crippen LogP contribution in [0.25, 0.3) is 0 Å². The quantitative estimate of drug-likeness (QED) is 0.609. The average Bonchev–Trinajstić information content (AvgIpc) is 2.68. The van der Waals surface area contributed by atoms with Crippen molar-refractivity contribution in [3.63, 3.8) is 0 Å². The second-order valence-corrected chi connectivity index (χ2v) is 5.76. The van der Waals surface area contributed by atoms with E-state index >= 15 is 0 Å². The van der Waals surface area contributed by atoms with E-state index in [1.807, 2.05) is 0 Å². The maximum absolute atomic E-state index is 3.86. The molecule has 0 bridgehead atoms. The third-order valence-corrected chi connectivity index (χ3v) is 5.35. The number of halogens is 1. The van der Waals surface area contributed by atoms with E-state index in [4.69, 9.17) is 0 Å². The topological polar surface area (TPSA) is 0 Å². The van der Waals surface area contributed by atoms with Crippen LogP contribution in [-0.2, 0) is 6.42 Å². The van der Waals surface area contributed by atoms with Gasteiger partial charge < -0.3 is 0 Å². The number of hydrogen-bond acceptors (Lipinski definition) is 0. The highest BCUT2D eigenvalue weighted by Gasteiger charge is 2.41. The summed E-state index contributed by atoms with van der Waals surface area (Å²) in [5.41, 5.74) is 6.39. The van der Waals surface area contributed by atoms with Gasteiger partial charge in [0.2, 0.25) is 0 Å². The molecule has 14 heavy (non-hydrogen) atoms. The Bertz CT molecular complexity index is 394. The van der Waals surface area contributed by atoms with Gasteiger partial charge in [0.1, 0.15) is 0 Å². The molecule has 0 nitrogen and oxygen atoms in total. The minimum atomic E-state index is 0.600. The first kappa shape index (κ1) is 8.96. The first-order chi connectivity index (χ1) is 6.70. The normalized spacial score (nSPS) is 33.5. The van der Waals surface area contributed by atoms with E-state index in [0.29, 0.717) is 4.83 Å². The molecule has 0 N–H and O–H groups in total. The molecule has 0 aromatic heterocycles. The summed E-state index contributed by atoms with van der Waals surface area (Å²) in [6, 6.07) is 4.63. The van der Waals surface area contributed by atoms with Crippen LogP contribution in [0.15, 0.2) is 12.1 Å². The van der Waals surface area contributed by atoms with Crippen LogP contribution in [0.2, 0.25) is 0 Å². The van der Waals surface area contributed by atoms with Crippen molar-refractivity contribution < 1.29 is 0 Å². The van der Waals surface area contributed by atoms with Crippen molar-refractivity contribution in [1.29, 1.82) is 0 Å². The van der Waals surface area contributed by atoms with Crippen LogP contribution in [0.1, 0.15) is 46.3 Å². The van der Waals surface area contributed by atoms with Gasteiger partial charge in [-0.1, -0.05) is 35.0 Å². The van der Waals surface area contributed by atoms with E-state index in [-0.39, 0.29) is 0 Å². The summed E-state index contributed by atoms with van der Waals surface area (Å²) >= 11 is 3.86. The number of alkyl halides is 1. The van der Waals surface area contributed by atoms with Crippen molar-refractivity contribution in [1.82, 2.24) is 0 Å². The molecular formula is C13H15Br. The Hall–Kier alpha value is -0.300. The second kappa shape index (κ2) is 2.85. The lowest BCUT2D eigenvalue weighted by Crippen LogP contribution is -2.02. The zero-order chi connectivity index (χ0) is 9.87. The Kier molecular flexibility index (Phi) is 1.82. The van der Waals surface area contributed by atoms with Crippen molar-refractivity contribution >= 4 is 15.9 Å². The molecule has 0 spiro atoms. The maximum atomic E-state index is 3.86. The van der Waals surface area contributed by atoms with Crippen LogP contribution in [0.5, 0.6) is 0 Å². The molecule has 0 saturated carbocycles. The van der Waals surface area contributed by atoms with E-state index in [9.17, 15) is 0 Å². The van der Waals surface area contributed by atoms with E-state index in [2.05, 4.69) is 41.9 Å². The van der Waals surface area contributed by atoms with Gasteiger partial charge in [0, 0.05) is 4.83 Å². The van der Waals surface area contributed by atoms with Crippen molar-refractivity contribution in [2.75, 3.05) is 0 Å². The lowest BCUT2D eigenvalue weighted by molar-refractivity contribution is 0.488. The summed E-state index contributed by atoms with van der Waals surface area (Å²) in [6.07, 6.45) is 2.67. The van der Waals surface area contributed by atoms with Crippen LogP contribution in [0.3, 0.4) is 0 Å². The number of hydrogen-bond donors (Lipinski definition) is 0. The van der Waals surface area contributed by atoms with Crippen LogP contribution in [-0.4, -0.2) is 0 Å². The Morgan fingerprint density at radius 1 is 1.29 bits per heavy atom. The highest BCUT2D eigenvalue weighted by Crippen LogP contribution is 2.56. The van der Waals surface area contributed by atoms with E-state index in [1.165, 1.54) is 18.4 Å². The lowest BCUT2D eigenvalue weighted by Gasteiger charge is -2.15.